The molecule has 2 heterocycles. The van der Waals surface area contributed by atoms with Crippen molar-refractivity contribution in [3.05, 3.63) is 53.0 Å². The van der Waals surface area contributed by atoms with E-state index in [1.165, 1.54) is 23.7 Å². The fraction of sp³-hybridized carbons (Fsp3) is 0.333. The van der Waals surface area contributed by atoms with Gasteiger partial charge in [0.25, 0.3) is 17.7 Å². The molecule has 1 atom stereocenters. The Balaban J connectivity index is 1.99. The van der Waals surface area contributed by atoms with Gasteiger partial charge in [0.15, 0.2) is 17.3 Å². The highest BCUT2D eigenvalue weighted by Gasteiger charge is 2.38. The zero-order chi connectivity index (χ0) is 22.9. The van der Waals surface area contributed by atoms with E-state index in [-0.39, 0.29) is 28.9 Å². The SMILES string of the molecule is CC[C@@H](NC1=C(Nc2nn(C)c(C(=O)N(C)C)c2O)C(=O)N(C)C1=O)c1ccccc1. The number of imide groups is 1. The zero-order valence-corrected chi connectivity index (χ0v) is 18.1. The highest BCUT2D eigenvalue weighted by molar-refractivity contribution is 6.20. The molecule has 3 amide bonds. The topological polar surface area (TPSA) is 120 Å². The smallest absolute Gasteiger partial charge is 0.279 e. The van der Waals surface area contributed by atoms with Gasteiger partial charge in [0, 0.05) is 28.2 Å². The van der Waals surface area contributed by atoms with E-state index in [1.54, 1.807) is 14.1 Å². The first kappa shape index (κ1) is 21.9. The average molecular weight is 426 g/mol. The van der Waals surface area contributed by atoms with Crippen LogP contribution in [0, 0.1) is 0 Å². The van der Waals surface area contributed by atoms with Gasteiger partial charge in [-0.05, 0) is 12.0 Å². The number of aromatic hydroxyl groups is 1. The molecular formula is C21H26N6O4. The van der Waals surface area contributed by atoms with Crippen LogP contribution in [0.5, 0.6) is 5.75 Å². The fourth-order valence-electron chi connectivity index (χ4n) is 3.34. The van der Waals surface area contributed by atoms with Crippen LogP contribution in [0.4, 0.5) is 5.82 Å². The number of carbonyl (C=O) groups excluding carboxylic acids is 3. The second-order valence-electron chi connectivity index (χ2n) is 7.43. The van der Waals surface area contributed by atoms with Crippen LogP contribution in [-0.2, 0) is 16.6 Å². The van der Waals surface area contributed by atoms with Crippen molar-refractivity contribution in [1.29, 1.82) is 0 Å². The lowest BCUT2D eigenvalue weighted by Gasteiger charge is -2.19. The number of anilines is 1. The van der Waals surface area contributed by atoms with E-state index in [9.17, 15) is 19.5 Å². The van der Waals surface area contributed by atoms with Crippen LogP contribution in [0.25, 0.3) is 0 Å². The van der Waals surface area contributed by atoms with Gasteiger partial charge in [0.2, 0.25) is 0 Å². The number of carbonyl (C=O) groups is 3. The summed E-state index contributed by atoms with van der Waals surface area (Å²) in [5, 5.41) is 20.6. The third-order valence-electron chi connectivity index (χ3n) is 5.09. The van der Waals surface area contributed by atoms with E-state index in [0.717, 1.165) is 10.5 Å². The van der Waals surface area contributed by atoms with E-state index in [0.29, 0.717) is 6.42 Å². The molecule has 1 aliphatic heterocycles. The zero-order valence-electron chi connectivity index (χ0n) is 18.1. The Morgan fingerprint density at radius 2 is 1.74 bits per heavy atom. The largest absolute Gasteiger partial charge is 0.503 e. The lowest BCUT2D eigenvalue weighted by Crippen LogP contribution is -2.31. The lowest BCUT2D eigenvalue weighted by atomic mass is 10.0. The van der Waals surface area contributed by atoms with E-state index in [1.807, 2.05) is 37.3 Å². The van der Waals surface area contributed by atoms with E-state index in [4.69, 9.17) is 0 Å². The monoisotopic (exact) mass is 426 g/mol. The van der Waals surface area contributed by atoms with Crippen LogP contribution < -0.4 is 10.6 Å². The van der Waals surface area contributed by atoms with Gasteiger partial charge < -0.3 is 20.6 Å². The highest BCUT2D eigenvalue weighted by Crippen LogP contribution is 2.31. The number of hydrogen-bond acceptors (Lipinski definition) is 7. The number of benzene rings is 1. The third kappa shape index (κ3) is 3.96. The molecule has 1 aromatic carbocycles. The molecule has 1 aromatic heterocycles. The molecule has 0 saturated heterocycles. The van der Waals surface area contributed by atoms with Crippen molar-refractivity contribution >= 4 is 23.5 Å². The molecule has 164 valence electrons. The molecule has 0 spiro atoms. The second-order valence-corrected chi connectivity index (χ2v) is 7.43. The Hall–Kier alpha value is -3.82. The van der Waals surface area contributed by atoms with Crippen molar-refractivity contribution in [3.63, 3.8) is 0 Å². The van der Waals surface area contributed by atoms with Gasteiger partial charge in [-0.3, -0.25) is 24.0 Å². The third-order valence-corrected chi connectivity index (χ3v) is 5.09. The first-order valence-electron chi connectivity index (χ1n) is 9.80. The predicted octanol–water partition coefficient (Wildman–Crippen LogP) is 1.19. The molecule has 10 nitrogen and oxygen atoms in total. The molecule has 0 aliphatic carbocycles. The van der Waals surface area contributed by atoms with Gasteiger partial charge in [-0.15, -0.1) is 0 Å². The number of aromatic nitrogens is 2. The Bertz CT molecular complexity index is 1060. The first-order chi connectivity index (χ1) is 14.7. The molecule has 0 bridgehead atoms. The molecule has 0 unspecified atom stereocenters. The second kappa shape index (κ2) is 8.50. The van der Waals surface area contributed by atoms with Crippen molar-refractivity contribution in [2.45, 2.75) is 19.4 Å². The summed E-state index contributed by atoms with van der Waals surface area (Å²) in [5.41, 5.74) is 0.961. The molecule has 3 N–H and O–H groups in total. The average Bonchev–Trinajstić information content (AvgIpc) is 3.14. The fourth-order valence-corrected chi connectivity index (χ4v) is 3.34. The molecule has 31 heavy (non-hydrogen) atoms. The lowest BCUT2D eigenvalue weighted by molar-refractivity contribution is -0.136. The summed E-state index contributed by atoms with van der Waals surface area (Å²) in [6.07, 6.45) is 0.669. The van der Waals surface area contributed by atoms with Crippen molar-refractivity contribution in [2.24, 2.45) is 7.05 Å². The van der Waals surface area contributed by atoms with Crippen LogP contribution in [0.15, 0.2) is 41.7 Å². The summed E-state index contributed by atoms with van der Waals surface area (Å²) in [7, 11) is 5.99. The molecule has 0 radical (unpaired) electrons. The predicted molar refractivity (Wildman–Crippen MR) is 114 cm³/mol. The maximum atomic E-state index is 12.7. The van der Waals surface area contributed by atoms with E-state index in [2.05, 4.69) is 15.7 Å². The molecule has 1 aliphatic rings. The molecule has 2 aromatic rings. The van der Waals surface area contributed by atoms with Gasteiger partial charge in [-0.25, -0.2) is 0 Å². The molecule has 0 saturated carbocycles. The maximum absolute atomic E-state index is 12.7. The highest BCUT2D eigenvalue weighted by atomic mass is 16.3. The summed E-state index contributed by atoms with van der Waals surface area (Å²) in [4.78, 5) is 40.1. The Morgan fingerprint density at radius 3 is 2.32 bits per heavy atom. The van der Waals surface area contributed by atoms with Gasteiger partial charge in [-0.1, -0.05) is 37.3 Å². The first-order valence-corrected chi connectivity index (χ1v) is 9.80. The molecule has 10 heteroatoms. The minimum Gasteiger partial charge on any atom is -0.503 e. The number of nitrogens with zero attached hydrogens (tertiary/aromatic N) is 4. The number of likely N-dealkylation sites (N-methyl/N-ethyl adjacent to an activating group) is 1. The van der Waals surface area contributed by atoms with Crippen LogP contribution in [0.3, 0.4) is 0 Å². The molecular weight excluding hydrogens is 400 g/mol. The molecule has 0 fully saturated rings. The number of rotatable bonds is 7. The summed E-state index contributed by atoms with van der Waals surface area (Å²) in [6.45, 7) is 1.97. The minimum atomic E-state index is -0.569. The minimum absolute atomic E-state index is 0.0385. The van der Waals surface area contributed by atoms with Gasteiger partial charge in [0.05, 0.1) is 6.04 Å². The number of amides is 3. The maximum Gasteiger partial charge on any atom is 0.279 e. The van der Waals surface area contributed by atoms with Gasteiger partial charge in [0.1, 0.15) is 11.4 Å². The Labute approximate surface area is 180 Å². The number of nitrogens with one attached hydrogen (secondary N) is 2. The van der Waals surface area contributed by atoms with E-state index < -0.39 is 23.5 Å². The summed E-state index contributed by atoms with van der Waals surface area (Å²) in [5.74, 6) is -2.01. The number of aryl methyl sites for hydroxylation is 1. The van der Waals surface area contributed by atoms with Gasteiger partial charge >= 0.3 is 0 Å². The van der Waals surface area contributed by atoms with Crippen LogP contribution >= 0.6 is 0 Å². The van der Waals surface area contributed by atoms with Crippen molar-refractivity contribution in [2.75, 3.05) is 26.5 Å². The normalized spacial score (nSPS) is 14.8. The Kier molecular flexibility index (Phi) is 6.00. The van der Waals surface area contributed by atoms with Crippen LogP contribution in [0.1, 0.15) is 35.4 Å². The summed E-state index contributed by atoms with van der Waals surface area (Å²) >= 11 is 0. The van der Waals surface area contributed by atoms with Crippen molar-refractivity contribution in [1.82, 2.24) is 24.9 Å². The number of hydrogen-bond donors (Lipinski definition) is 3. The van der Waals surface area contributed by atoms with Crippen LogP contribution in [0.2, 0.25) is 0 Å². The standard InChI is InChI=1S/C21H26N6O4/c1-6-13(12-10-8-7-9-11-12)22-14-15(20(30)26(4)19(14)29)23-18-17(28)16(27(5)24-18)21(31)25(2)3/h7-11,13,22,28H,6H2,1-5H3,(H,23,24)/t13-/m1/s1. The Morgan fingerprint density at radius 1 is 1.13 bits per heavy atom. The van der Waals surface area contributed by atoms with Crippen molar-refractivity contribution in [3.8, 4) is 5.75 Å². The van der Waals surface area contributed by atoms with Crippen LogP contribution in [-0.4, -0.2) is 63.6 Å². The van der Waals surface area contributed by atoms with Gasteiger partial charge in [-0.2, -0.15) is 5.10 Å². The van der Waals surface area contributed by atoms with E-state index >= 15 is 0 Å². The molecule has 3 rings (SSSR count). The van der Waals surface area contributed by atoms with Crippen molar-refractivity contribution < 1.29 is 19.5 Å². The quantitative estimate of drug-likeness (QED) is 0.569. The summed E-state index contributed by atoms with van der Waals surface area (Å²) < 4.78 is 1.22. The summed E-state index contributed by atoms with van der Waals surface area (Å²) in [6, 6.07) is 9.36.